The van der Waals surface area contributed by atoms with Crippen LogP contribution in [0.5, 0.6) is 0 Å². The van der Waals surface area contributed by atoms with E-state index < -0.39 is 0 Å². The molecule has 4 heteroatoms. The van der Waals surface area contributed by atoms with Crippen LogP contribution < -0.4 is 5.73 Å². The second-order valence-electron chi connectivity index (χ2n) is 7.99. The summed E-state index contributed by atoms with van der Waals surface area (Å²) in [5.74, 6) is 1.66. The van der Waals surface area contributed by atoms with E-state index in [2.05, 4.69) is 62.4 Å². The number of anilines is 1. The quantitative estimate of drug-likeness (QED) is 0.745. The average molecular weight is 324 g/mol. The number of rotatable bonds is 4. The van der Waals surface area contributed by atoms with Crippen molar-refractivity contribution >= 4 is 27.8 Å². The van der Waals surface area contributed by atoms with Crippen molar-refractivity contribution in [1.29, 1.82) is 0 Å². The van der Waals surface area contributed by atoms with Gasteiger partial charge in [0.15, 0.2) is 5.82 Å². The highest BCUT2D eigenvalue weighted by Crippen LogP contribution is 2.32. The minimum absolute atomic E-state index is 0.170. The smallest absolute Gasteiger partial charge is 0.152 e. The Morgan fingerprint density at radius 3 is 2.58 bits per heavy atom. The Bertz CT molecular complexity index is 884. The van der Waals surface area contributed by atoms with Crippen LogP contribution in [-0.2, 0) is 13.0 Å². The van der Waals surface area contributed by atoms with Gasteiger partial charge < -0.3 is 10.3 Å². The summed E-state index contributed by atoms with van der Waals surface area (Å²) < 4.78 is 2.38. The third-order valence-electron chi connectivity index (χ3n) is 4.32. The first-order valence-corrected chi connectivity index (χ1v) is 8.85. The molecule has 3 rings (SSSR count). The molecule has 0 amide bonds. The predicted molar refractivity (Wildman–Crippen MR) is 102 cm³/mol. The number of hydrogen-bond donors (Lipinski definition) is 1. The fourth-order valence-electron chi connectivity index (χ4n) is 3.24. The van der Waals surface area contributed by atoms with E-state index in [9.17, 15) is 0 Å². The van der Waals surface area contributed by atoms with E-state index in [0.717, 1.165) is 53.6 Å². The van der Waals surface area contributed by atoms with Crippen molar-refractivity contribution in [3.63, 3.8) is 0 Å². The summed E-state index contributed by atoms with van der Waals surface area (Å²) in [6.07, 6.45) is 3.28. The number of pyridine rings is 1. The van der Waals surface area contributed by atoms with Gasteiger partial charge in [0.2, 0.25) is 0 Å². The summed E-state index contributed by atoms with van der Waals surface area (Å²) >= 11 is 0. The van der Waals surface area contributed by atoms with Crippen LogP contribution >= 0.6 is 0 Å². The molecule has 0 saturated heterocycles. The molecule has 2 heterocycles. The lowest BCUT2D eigenvalue weighted by atomic mass is 9.96. The Morgan fingerprint density at radius 2 is 1.92 bits per heavy atom. The number of nitrogens with zero attached hydrogens (tertiary/aromatic N) is 3. The first-order chi connectivity index (χ1) is 11.3. The van der Waals surface area contributed by atoms with Gasteiger partial charge in [-0.2, -0.15) is 0 Å². The Hall–Kier alpha value is -2.10. The van der Waals surface area contributed by atoms with Crippen molar-refractivity contribution in [1.82, 2.24) is 14.5 Å². The summed E-state index contributed by atoms with van der Waals surface area (Å²) in [7, 11) is 0. The van der Waals surface area contributed by atoms with Crippen LogP contribution in [0.3, 0.4) is 0 Å². The maximum atomic E-state index is 6.26. The summed E-state index contributed by atoms with van der Waals surface area (Å²) in [5.41, 5.74) is 10.6. The minimum Gasteiger partial charge on any atom is -0.382 e. The molecule has 0 saturated carbocycles. The third kappa shape index (κ3) is 3.10. The van der Waals surface area contributed by atoms with Crippen LogP contribution in [0.25, 0.3) is 21.9 Å². The van der Waals surface area contributed by atoms with Gasteiger partial charge >= 0.3 is 0 Å². The monoisotopic (exact) mass is 324 g/mol. The molecule has 0 atom stereocenters. The molecule has 3 aromatic rings. The lowest BCUT2D eigenvalue weighted by Gasteiger charge is -2.22. The number of fused-ring (bicyclic) bond motifs is 3. The Balaban J connectivity index is 2.34. The summed E-state index contributed by atoms with van der Waals surface area (Å²) in [5, 5.41) is 1.14. The lowest BCUT2D eigenvalue weighted by molar-refractivity contribution is 0.342. The molecular weight excluding hydrogens is 296 g/mol. The van der Waals surface area contributed by atoms with E-state index in [4.69, 9.17) is 10.7 Å². The lowest BCUT2D eigenvalue weighted by Crippen LogP contribution is -2.17. The number of unbranched alkanes of at least 4 members (excludes halogenated alkanes) is 1. The van der Waals surface area contributed by atoms with Gasteiger partial charge in [-0.05, 0) is 30.4 Å². The van der Waals surface area contributed by atoms with Crippen molar-refractivity contribution < 1.29 is 0 Å². The number of benzene rings is 1. The number of hydrogen-bond acceptors (Lipinski definition) is 3. The zero-order valence-electron chi connectivity index (χ0n) is 15.5. The molecule has 0 radical (unpaired) electrons. The molecule has 0 aliphatic carbocycles. The second kappa shape index (κ2) is 6.08. The van der Waals surface area contributed by atoms with E-state index in [1.807, 2.05) is 0 Å². The van der Waals surface area contributed by atoms with Crippen LogP contribution in [0.1, 0.15) is 51.9 Å². The van der Waals surface area contributed by atoms with Gasteiger partial charge in [-0.15, -0.1) is 0 Å². The van der Waals surface area contributed by atoms with E-state index in [1.54, 1.807) is 0 Å². The SMILES string of the molecule is CCCCc1nc2c(N)nc3cc(C)ccc3c2n1CC(C)(C)C. The van der Waals surface area contributed by atoms with Crippen LogP contribution in [-0.4, -0.2) is 14.5 Å². The second-order valence-corrected chi connectivity index (χ2v) is 7.99. The predicted octanol–water partition coefficient (Wildman–Crippen LogP) is 4.86. The fraction of sp³-hybridized carbons (Fsp3) is 0.500. The van der Waals surface area contributed by atoms with Gasteiger partial charge in [-0.1, -0.05) is 46.2 Å². The van der Waals surface area contributed by atoms with Gasteiger partial charge in [-0.3, -0.25) is 0 Å². The van der Waals surface area contributed by atoms with E-state index in [0.29, 0.717) is 5.82 Å². The molecule has 2 aromatic heterocycles. The van der Waals surface area contributed by atoms with Gasteiger partial charge in [0.1, 0.15) is 11.3 Å². The molecule has 24 heavy (non-hydrogen) atoms. The number of imidazole rings is 1. The first kappa shape index (κ1) is 16.7. The number of nitrogen functional groups attached to an aromatic ring is 1. The van der Waals surface area contributed by atoms with E-state index >= 15 is 0 Å². The summed E-state index contributed by atoms with van der Waals surface area (Å²) in [6.45, 7) is 12.0. The van der Waals surface area contributed by atoms with Crippen molar-refractivity contribution in [3.8, 4) is 0 Å². The third-order valence-corrected chi connectivity index (χ3v) is 4.32. The summed E-state index contributed by atoms with van der Waals surface area (Å²) in [4.78, 5) is 9.48. The molecule has 0 aliphatic rings. The largest absolute Gasteiger partial charge is 0.382 e. The highest BCUT2D eigenvalue weighted by Gasteiger charge is 2.21. The molecule has 0 unspecified atom stereocenters. The Labute approximate surface area is 144 Å². The van der Waals surface area contributed by atoms with Gasteiger partial charge in [0.05, 0.1) is 11.0 Å². The van der Waals surface area contributed by atoms with Crippen LogP contribution in [0.2, 0.25) is 0 Å². The van der Waals surface area contributed by atoms with Crippen molar-refractivity contribution in [2.45, 2.75) is 60.4 Å². The molecule has 2 N–H and O–H groups in total. The van der Waals surface area contributed by atoms with Gasteiger partial charge in [0.25, 0.3) is 0 Å². The maximum Gasteiger partial charge on any atom is 0.152 e. The maximum absolute atomic E-state index is 6.26. The average Bonchev–Trinajstić information content (AvgIpc) is 2.82. The zero-order valence-corrected chi connectivity index (χ0v) is 15.5. The van der Waals surface area contributed by atoms with Crippen LogP contribution in [0.15, 0.2) is 18.2 Å². The van der Waals surface area contributed by atoms with Crippen molar-refractivity contribution in [2.75, 3.05) is 5.73 Å². The summed E-state index contributed by atoms with van der Waals surface area (Å²) in [6, 6.07) is 6.40. The van der Waals surface area contributed by atoms with E-state index in [1.165, 1.54) is 5.56 Å². The molecule has 128 valence electrons. The zero-order chi connectivity index (χ0) is 17.5. The number of aryl methyl sites for hydroxylation is 2. The normalized spacial score (nSPS) is 12.4. The molecule has 0 spiro atoms. The van der Waals surface area contributed by atoms with Crippen molar-refractivity contribution in [2.24, 2.45) is 5.41 Å². The van der Waals surface area contributed by atoms with Crippen LogP contribution in [0, 0.1) is 12.3 Å². The fourth-order valence-corrected chi connectivity index (χ4v) is 3.24. The highest BCUT2D eigenvalue weighted by atomic mass is 15.1. The number of nitrogens with two attached hydrogens (primary N) is 1. The van der Waals surface area contributed by atoms with Gasteiger partial charge in [-0.25, -0.2) is 9.97 Å². The first-order valence-electron chi connectivity index (χ1n) is 8.85. The van der Waals surface area contributed by atoms with Crippen molar-refractivity contribution in [3.05, 3.63) is 29.6 Å². The molecular formula is C20H28N4. The van der Waals surface area contributed by atoms with E-state index in [-0.39, 0.29) is 5.41 Å². The Kier molecular flexibility index (Phi) is 4.24. The minimum atomic E-state index is 0.170. The standard InChI is InChI=1S/C20H28N4/c1-6-7-8-16-23-17-18(24(16)12-20(3,4)5)14-10-9-13(2)11-15(14)22-19(17)21/h9-11H,6-8,12H2,1-5H3,(H2,21,22). The molecule has 1 aromatic carbocycles. The van der Waals surface area contributed by atoms with Gasteiger partial charge in [0, 0.05) is 18.4 Å². The number of aromatic nitrogens is 3. The molecule has 0 aliphatic heterocycles. The Morgan fingerprint density at radius 1 is 1.17 bits per heavy atom. The molecule has 0 fully saturated rings. The molecule has 0 bridgehead atoms. The van der Waals surface area contributed by atoms with Crippen LogP contribution in [0.4, 0.5) is 5.82 Å². The highest BCUT2D eigenvalue weighted by molar-refractivity contribution is 6.06. The topological polar surface area (TPSA) is 56.7 Å². The molecule has 4 nitrogen and oxygen atoms in total.